The standard InChI is InChI=1S/C13H10Cl2N2O2S/c14-6-1-3-9(8(15)5-6)16-13-17-11-7(12(18)19)2-4-10(11)20-13/h1,3,5,7H,2,4H2,(H,16,17)(H,18,19). The number of fused-ring (bicyclic) bond motifs is 1. The Labute approximate surface area is 129 Å². The monoisotopic (exact) mass is 328 g/mol. The highest BCUT2D eigenvalue weighted by molar-refractivity contribution is 7.15. The predicted molar refractivity (Wildman–Crippen MR) is 80.6 cm³/mol. The predicted octanol–water partition coefficient (Wildman–Crippen LogP) is 4.31. The van der Waals surface area contributed by atoms with Gasteiger partial charge in [0.2, 0.25) is 0 Å². The molecule has 1 aliphatic carbocycles. The van der Waals surface area contributed by atoms with Gasteiger partial charge in [0.1, 0.15) is 5.92 Å². The van der Waals surface area contributed by atoms with Crippen molar-refractivity contribution in [1.82, 2.24) is 4.98 Å². The second kappa shape index (κ2) is 5.24. The normalized spacial score (nSPS) is 17.0. The minimum absolute atomic E-state index is 0.488. The summed E-state index contributed by atoms with van der Waals surface area (Å²) in [5.41, 5.74) is 1.38. The molecular formula is C13H10Cl2N2O2S. The van der Waals surface area contributed by atoms with Crippen molar-refractivity contribution in [3.05, 3.63) is 38.8 Å². The third-order valence-corrected chi connectivity index (χ3v) is 4.78. The van der Waals surface area contributed by atoms with Crippen molar-refractivity contribution in [1.29, 1.82) is 0 Å². The zero-order valence-electron chi connectivity index (χ0n) is 10.2. The molecule has 0 saturated heterocycles. The molecule has 0 spiro atoms. The molecule has 7 heteroatoms. The van der Waals surface area contributed by atoms with E-state index in [1.54, 1.807) is 18.2 Å². The van der Waals surface area contributed by atoms with Gasteiger partial charge < -0.3 is 10.4 Å². The number of rotatable bonds is 3. The molecule has 1 aromatic heterocycles. The van der Waals surface area contributed by atoms with Crippen molar-refractivity contribution in [2.24, 2.45) is 0 Å². The Morgan fingerprint density at radius 3 is 2.95 bits per heavy atom. The topological polar surface area (TPSA) is 62.2 Å². The maximum absolute atomic E-state index is 11.1. The zero-order valence-corrected chi connectivity index (χ0v) is 12.5. The van der Waals surface area contributed by atoms with Crippen LogP contribution in [0.2, 0.25) is 10.0 Å². The van der Waals surface area contributed by atoms with Gasteiger partial charge >= 0.3 is 5.97 Å². The number of aromatic nitrogens is 1. The number of carboxylic acids is 1. The van der Waals surface area contributed by atoms with Crippen LogP contribution in [0.3, 0.4) is 0 Å². The molecule has 0 amide bonds. The number of halogens is 2. The highest BCUT2D eigenvalue weighted by atomic mass is 35.5. The van der Waals surface area contributed by atoms with Crippen molar-refractivity contribution in [2.75, 3.05) is 5.32 Å². The van der Waals surface area contributed by atoms with Gasteiger partial charge in [0, 0.05) is 9.90 Å². The number of carbonyl (C=O) groups is 1. The van der Waals surface area contributed by atoms with Crippen LogP contribution in [0.15, 0.2) is 18.2 Å². The fourth-order valence-electron chi connectivity index (χ4n) is 2.23. The van der Waals surface area contributed by atoms with Gasteiger partial charge in [0.05, 0.1) is 16.4 Å². The highest BCUT2D eigenvalue weighted by Gasteiger charge is 2.32. The number of hydrogen-bond acceptors (Lipinski definition) is 4. The van der Waals surface area contributed by atoms with Crippen molar-refractivity contribution in [3.8, 4) is 0 Å². The van der Waals surface area contributed by atoms with Crippen LogP contribution in [0, 0.1) is 0 Å². The summed E-state index contributed by atoms with van der Waals surface area (Å²) in [4.78, 5) is 16.6. The summed E-state index contributed by atoms with van der Waals surface area (Å²) in [5.74, 6) is -1.30. The van der Waals surface area contributed by atoms with Crippen molar-refractivity contribution < 1.29 is 9.90 Å². The molecule has 3 rings (SSSR count). The van der Waals surface area contributed by atoms with Crippen LogP contribution in [0.25, 0.3) is 0 Å². The summed E-state index contributed by atoms with van der Waals surface area (Å²) in [6.07, 6.45) is 1.39. The lowest BCUT2D eigenvalue weighted by molar-refractivity contribution is -0.138. The summed E-state index contributed by atoms with van der Waals surface area (Å²) in [5, 5.41) is 14.0. The van der Waals surface area contributed by atoms with Crippen molar-refractivity contribution >= 4 is 51.3 Å². The molecule has 0 bridgehead atoms. The average Bonchev–Trinajstić information content (AvgIpc) is 2.91. The Morgan fingerprint density at radius 2 is 2.25 bits per heavy atom. The first-order valence-corrected chi connectivity index (χ1v) is 7.56. The molecule has 1 aliphatic rings. The fraction of sp³-hybridized carbons (Fsp3) is 0.231. The van der Waals surface area contributed by atoms with Crippen LogP contribution in [-0.4, -0.2) is 16.1 Å². The molecule has 0 fully saturated rings. The van der Waals surface area contributed by atoms with Gasteiger partial charge in [-0.05, 0) is 31.0 Å². The molecule has 20 heavy (non-hydrogen) atoms. The second-order valence-electron chi connectivity index (χ2n) is 4.51. The van der Waals surface area contributed by atoms with Crippen molar-refractivity contribution in [2.45, 2.75) is 18.8 Å². The van der Waals surface area contributed by atoms with E-state index in [9.17, 15) is 4.79 Å². The number of aliphatic carboxylic acids is 1. The van der Waals surface area contributed by atoms with Crippen LogP contribution in [0.5, 0.6) is 0 Å². The van der Waals surface area contributed by atoms with Gasteiger partial charge in [-0.15, -0.1) is 11.3 Å². The summed E-state index contributed by atoms with van der Waals surface area (Å²) >= 11 is 13.4. The lowest BCUT2D eigenvalue weighted by Gasteiger charge is -2.06. The van der Waals surface area contributed by atoms with E-state index in [1.807, 2.05) is 0 Å². The second-order valence-corrected chi connectivity index (χ2v) is 6.43. The molecule has 104 valence electrons. The Hall–Kier alpha value is -1.30. The zero-order chi connectivity index (χ0) is 14.3. The molecule has 1 aromatic carbocycles. The lowest BCUT2D eigenvalue weighted by Crippen LogP contribution is -2.08. The lowest BCUT2D eigenvalue weighted by atomic mass is 10.1. The Morgan fingerprint density at radius 1 is 1.45 bits per heavy atom. The third-order valence-electron chi connectivity index (χ3n) is 3.19. The molecule has 2 aromatic rings. The minimum atomic E-state index is -0.815. The molecule has 2 N–H and O–H groups in total. The van der Waals surface area contributed by atoms with Crippen LogP contribution >= 0.6 is 34.5 Å². The highest BCUT2D eigenvalue weighted by Crippen LogP contribution is 2.39. The van der Waals surface area contributed by atoms with Crippen LogP contribution in [-0.2, 0) is 11.2 Å². The van der Waals surface area contributed by atoms with E-state index < -0.39 is 11.9 Å². The van der Waals surface area contributed by atoms with Gasteiger partial charge in [-0.1, -0.05) is 23.2 Å². The minimum Gasteiger partial charge on any atom is -0.481 e. The van der Waals surface area contributed by atoms with E-state index in [1.165, 1.54) is 11.3 Å². The molecule has 0 aliphatic heterocycles. The van der Waals surface area contributed by atoms with E-state index in [2.05, 4.69) is 10.3 Å². The molecule has 1 heterocycles. The number of benzene rings is 1. The van der Waals surface area contributed by atoms with Gasteiger partial charge in [0.25, 0.3) is 0 Å². The number of nitrogens with one attached hydrogen (secondary N) is 1. The number of thiazole rings is 1. The van der Waals surface area contributed by atoms with Crippen molar-refractivity contribution in [3.63, 3.8) is 0 Å². The summed E-state index contributed by atoms with van der Waals surface area (Å²) in [7, 11) is 0. The first-order chi connectivity index (χ1) is 9.54. The number of carboxylic acid groups (broad SMARTS) is 1. The molecular weight excluding hydrogens is 319 g/mol. The smallest absolute Gasteiger partial charge is 0.312 e. The maximum atomic E-state index is 11.1. The van der Waals surface area contributed by atoms with Crippen LogP contribution in [0.4, 0.5) is 10.8 Å². The first-order valence-electron chi connectivity index (χ1n) is 5.99. The van der Waals surface area contributed by atoms with Crippen LogP contribution < -0.4 is 5.32 Å². The number of nitrogens with zero attached hydrogens (tertiary/aromatic N) is 1. The van der Waals surface area contributed by atoms with Gasteiger partial charge in [-0.3, -0.25) is 4.79 Å². The summed E-state index contributed by atoms with van der Waals surface area (Å²) in [6.45, 7) is 0. The van der Waals surface area contributed by atoms with Gasteiger partial charge in [0.15, 0.2) is 5.13 Å². The molecule has 1 unspecified atom stereocenters. The third kappa shape index (κ3) is 2.49. The first kappa shape index (κ1) is 13.7. The molecule has 4 nitrogen and oxygen atoms in total. The number of hydrogen-bond donors (Lipinski definition) is 2. The van der Waals surface area contributed by atoms with E-state index >= 15 is 0 Å². The number of anilines is 2. The quantitative estimate of drug-likeness (QED) is 0.881. The van der Waals surface area contributed by atoms with E-state index in [4.69, 9.17) is 28.3 Å². The molecule has 1 atom stereocenters. The summed E-state index contributed by atoms with van der Waals surface area (Å²) in [6, 6.07) is 5.15. The summed E-state index contributed by atoms with van der Waals surface area (Å²) < 4.78 is 0. The Kier molecular flexibility index (Phi) is 3.58. The molecule has 0 radical (unpaired) electrons. The van der Waals surface area contributed by atoms with Gasteiger partial charge in [-0.2, -0.15) is 0 Å². The largest absolute Gasteiger partial charge is 0.481 e. The SMILES string of the molecule is O=C(O)C1CCc2sc(Nc3ccc(Cl)cc3Cl)nc21. The van der Waals surface area contributed by atoms with Crippen LogP contribution in [0.1, 0.15) is 22.9 Å². The fourth-order valence-corrected chi connectivity index (χ4v) is 3.73. The maximum Gasteiger partial charge on any atom is 0.312 e. The van der Waals surface area contributed by atoms with Gasteiger partial charge in [-0.25, -0.2) is 4.98 Å². The average molecular weight is 329 g/mol. The van der Waals surface area contributed by atoms with E-state index in [0.717, 1.165) is 11.3 Å². The van der Waals surface area contributed by atoms with E-state index in [0.29, 0.717) is 33.0 Å². The Bertz CT molecular complexity index is 687. The number of aryl methyl sites for hydroxylation is 1. The van der Waals surface area contributed by atoms with E-state index in [-0.39, 0.29) is 0 Å². The molecule has 0 saturated carbocycles. The Balaban J connectivity index is 1.86.